The van der Waals surface area contributed by atoms with Gasteiger partial charge in [0.2, 0.25) is 0 Å². The third-order valence-corrected chi connectivity index (χ3v) is 5.05. The fourth-order valence-corrected chi connectivity index (χ4v) is 3.56. The molecule has 0 aliphatic heterocycles. The highest BCUT2D eigenvalue weighted by molar-refractivity contribution is 7.17. The smallest absolute Gasteiger partial charge is 0.305 e. The number of hydrogen-bond donors (Lipinski definition) is 1. The van der Waals surface area contributed by atoms with Crippen LogP contribution in [0.2, 0.25) is 5.02 Å². The van der Waals surface area contributed by atoms with Gasteiger partial charge in [-0.15, -0.1) is 11.3 Å². The number of hydrogen-bond acceptors (Lipinski definition) is 5. The normalized spacial score (nSPS) is 10.1. The van der Waals surface area contributed by atoms with Crippen LogP contribution in [0.25, 0.3) is 10.1 Å². The van der Waals surface area contributed by atoms with Gasteiger partial charge in [-0.2, -0.15) is 0 Å². The maximum Gasteiger partial charge on any atom is 0.305 e. The molecule has 0 aliphatic carbocycles. The van der Waals surface area contributed by atoms with Crippen LogP contribution in [-0.2, 0) is 16.1 Å². The predicted octanol–water partition coefficient (Wildman–Crippen LogP) is 6.13. The summed E-state index contributed by atoms with van der Waals surface area (Å²) in [7, 11) is 3.02. The Morgan fingerprint density at radius 1 is 1.19 bits per heavy atom. The van der Waals surface area contributed by atoms with Crippen molar-refractivity contribution in [1.82, 2.24) is 0 Å². The first-order valence-electron chi connectivity index (χ1n) is 8.68. The summed E-state index contributed by atoms with van der Waals surface area (Å²) in [6, 6.07) is 14.3. The molecule has 0 fully saturated rings. The zero-order chi connectivity index (χ0) is 19.6. The molecule has 0 saturated carbocycles. The molecule has 0 unspecified atom stereocenters. The summed E-state index contributed by atoms with van der Waals surface area (Å²) >= 11 is 7.89. The Morgan fingerprint density at radius 2 is 2.00 bits per heavy atom. The summed E-state index contributed by atoms with van der Waals surface area (Å²) in [6.45, 7) is 2.68. The minimum Gasteiger partial charge on any atom is -0.495 e. The van der Waals surface area contributed by atoms with Crippen molar-refractivity contribution in [2.24, 2.45) is 0 Å². The zero-order valence-corrected chi connectivity index (χ0v) is 17.3. The van der Waals surface area contributed by atoms with Crippen molar-refractivity contribution in [2.45, 2.75) is 26.3 Å². The monoisotopic (exact) mass is 405 g/mol. The van der Waals surface area contributed by atoms with Crippen molar-refractivity contribution in [2.75, 3.05) is 19.5 Å². The van der Waals surface area contributed by atoms with Crippen LogP contribution in [0.3, 0.4) is 0 Å². The van der Waals surface area contributed by atoms with E-state index >= 15 is 0 Å². The van der Waals surface area contributed by atoms with Gasteiger partial charge in [0, 0.05) is 28.7 Å². The second-order valence-corrected chi connectivity index (χ2v) is 7.14. The van der Waals surface area contributed by atoms with E-state index in [1.165, 1.54) is 17.2 Å². The van der Waals surface area contributed by atoms with E-state index in [1.54, 1.807) is 18.4 Å². The van der Waals surface area contributed by atoms with E-state index in [1.807, 2.05) is 25.1 Å². The molecular formula is C21H24ClNO3S. The number of nitrogens with one attached hydrogen (secondary N) is 1. The van der Waals surface area contributed by atoms with Gasteiger partial charge < -0.3 is 14.8 Å². The summed E-state index contributed by atoms with van der Waals surface area (Å²) in [6.07, 6.45) is 1.41. The quantitative estimate of drug-likeness (QED) is 0.500. The number of fused-ring (bicyclic) bond motifs is 1. The maximum absolute atomic E-state index is 10.2. The van der Waals surface area contributed by atoms with Gasteiger partial charge in [0.15, 0.2) is 0 Å². The molecule has 27 heavy (non-hydrogen) atoms. The lowest BCUT2D eigenvalue weighted by molar-refractivity contribution is -0.140. The molecule has 1 aromatic heterocycles. The molecule has 0 bridgehead atoms. The number of ether oxygens (including phenoxy) is 2. The Hall–Kier alpha value is -2.24. The van der Waals surface area contributed by atoms with Crippen molar-refractivity contribution in [3.8, 4) is 5.75 Å². The largest absolute Gasteiger partial charge is 0.495 e. The van der Waals surface area contributed by atoms with E-state index in [-0.39, 0.29) is 5.97 Å². The van der Waals surface area contributed by atoms with Crippen LogP contribution in [0.5, 0.6) is 5.75 Å². The number of thiophene rings is 1. The van der Waals surface area contributed by atoms with Crippen LogP contribution < -0.4 is 10.1 Å². The molecule has 3 rings (SSSR count). The Balaban J connectivity index is 0.000000321. The average Bonchev–Trinajstić information content (AvgIpc) is 3.16. The van der Waals surface area contributed by atoms with Crippen LogP contribution in [0.1, 0.15) is 25.3 Å². The van der Waals surface area contributed by atoms with E-state index in [9.17, 15) is 4.79 Å². The summed E-state index contributed by atoms with van der Waals surface area (Å²) in [5.41, 5.74) is 2.28. The molecule has 1 heterocycles. The molecule has 3 aromatic rings. The molecule has 0 spiro atoms. The Morgan fingerprint density at radius 3 is 2.63 bits per heavy atom. The lowest BCUT2D eigenvalue weighted by Crippen LogP contribution is -1.99. The number of carbonyl (C=O) groups excluding carboxylic acids is 1. The average molecular weight is 406 g/mol. The van der Waals surface area contributed by atoms with E-state index in [0.717, 1.165) is 24.2 Å². The van der Waals surface area contributed by atoms with Gasteiger partial charge in [0.25, 0.3) is 0 Å². The van der Waals surface area contributed by atoms with Gasteiger partial charge >= 0.3 is 5.97 Å². The molecule has 0 amide bonds. The lowest BCUT2D eigenvalue weighted by Gasteiger charge is -2.09. The fraction of sp³-hybridized carbons (Fsp3) is 0.286. The van der Waals surface area contributed by atoms with Crippen LogP contribution in [-0.4, -0.2) is 20.2 Å². The SMILES string of the molecule is CCCC(=O)OC.COc1ccc(CNc2cccc3sccc23)cc1Cl. The van der Waals surface area contributed by atoms with E-state index in [2.05, 4.69) is 39.7 Å². The Labute approximate surface area is 169 Å². The van der Waals surface area contributed by atoms with Gasteiger partial charge in [0.1, 0.15) is 5.75 Å². The molecule has 6 heteroatoms. The lowest BCUT2D eigenvalue weighted by atomic mass is 10.2. The first-order valence-corrected chi connectivity index (χ1v) is 9.94. The van der Waals surface area contributed by atoms with Crippen molar-refractivity contribution in [1.29, 1.82) is 0 Å². The highest BCUT2D eigenvalue weighted by Crippen LogP contribution is 2.29. The number of methoxy groups -OCH3 is 2. The number of carbonyl (C=O) groups is 1. The van der Waals surface area contributed by atoms with Crippen molar-refractivity contribution in [3.63, 3.8) is 0 Å². The standard InChI is InChI=1S/C16H14ClNOS.C5H10O2/c1-19-15-6-5-11(9-13(15)17)10-18-14-3-2-4-16-12(14)7-8-20-16;1-3-4-5(6)7-2/h2-9,18H,10H2,1H3;3-4H2,1-2H3. The van der Waals surface area contributed by atoms with Crippen molar-refractivity contribution < 1.29 is 14.3 Å². The van der Waals surface area contributed by atoms with Crippen LogP contribution in [0.4, 0.5) is 5.69 Å². The van der Waals surface area contributed by atoms with Crippen molar-refractivity contribution >= 4 is 44.7 Å². The third kappa shape index (κ3) is 6.15. The first kappa shape index (κ1) is 21.1. The van der Waals surface area contributed by atoms with Gasteiger partial charge in [0.05, 0.1) is 19.2 Å². The van der Waals surface area contributed by atoms with E-state index in [4.69, 9.17) is 16.3 Å². The highest BCUT2D eigenvalue weighted by Gasteiger charge is 2.04. The number of rotatable bonds is 6. The maximum atomic E-state index is 10.2. The topological polar surface area (TPSA) is 47.6 Å². The minimum absolute atomic E-state index is 0.123. The third-order valence-electron chi connectivity index (χ3n) is 3.88. The Kier molecular flexibility index (Phi) is 8.43. The number of esters is 1. The molecule has 0 saturated heterocycles. The predicted molar refractivity (Wildman–Crippen MR) is 114 cm³/mol. The molecule has 144 valence electrons. The molecule has 2 aromatic carbocycles. The Bertz CT molecular complexity index is 879. The van der Waals surface area contributed by atoms with Gasteiger partial charge in [-0.1, -0.05) is 30.7 Å². The fourth-order valence-electron chi connectivity index (χ4n) is 2.47. The summed E-state index contributed by atoms with van der Waals surface area (Å²) in [5.74, 6) is 0.581. The highest BCUT2D eigenvalue weighted by atomic mass is 35.5. The summed E-state index contributed by atoms with van der Waals surface area (Å²) in [4.78, 5) is 10.2. The van der Waals surface area contributed by atoms with Crippen molar-refractivity contribution in [3.05, 3.63) is 58.4 Å². The molecule has 0 aliphatic rings. The molecular weight excluding hydrogens is 382 g/mol. The number of halogens is 1. The molecule has 4 nitrogen and oxygen atoms in total. The number of benzene rings is 2. The van der Waals surface area contributed by atoms with Crippen LogP contribution in [0.15, 0.2) is 47.8 Å². The first-order chi connectivity index (χ1) is 13.1. The zero-order valence-electron chi connectivity index (χ0n) is 15.8. The van der Waals surface area contributed by atoms with E-state index in [0.29, 0.717) is 17.2 Å². The molecule has 0 atom stereocenters. The summed E-state index contributed by atoms with van der Waals surface area (Å²) < 4.78 is 10.8. The van der Waals surface area contributed by atoms with Gasteiger partial charge in [-0.3, -0.25) is 4.79 Å². The second kappa shape index (κ2) is 10.8. The molecule has 1 N–H and O–H groups in total. The van der Waals surface area contributed by atoms with Gasteiger partial charge in [-0.05, 0) is 47.7 Å². The second-order valence-electron chi connectivity index (χ2n) is 5.79. The van der Waals surface area contributed by atoms with E-state index < -0.39 is 0 Å². The van der Waals surface area contributed by atoms with Gasteiger partial charge in [-0.25, -0.2) is 0 Å². The summed E-state index contributed by atoms with van der Waals surface area (Å²) in [5, 5.41) is 7.47. The minimum atomic E-state index is -0.123. The molecule has 0 radical (unpaired) electrons. The van der Waals surface area contributed by atoms with Crippen LogP contribution >= 0.6 is 22.9 Å². The van der Waals surface area contributed by atoms with Crippen LogP contribution in [0, 0.1) is 0 Å². The number of anilines is 1.